The molecule has 0 aliphatic carbocycles. The van der Waals surface area contributed by atoms with Crippen molar-refractivity contribution in [1.29, 1.82) is 0 Å². The van der Waals surface area contributed by atoms with Crippen molar-refractivity contribution in [1.82, 2.24) is 9.78 Å². The molecule has 0 atom stereocenters. The number of rotatable bonds is 3. The van der Waals surface area contributed by atoms with Crippen molar-refractivity contribution in [2.45, 2.75) is 26.3 Å². The number of halogens is 1. The van der Waals surface area contributed by atoms with Gasteiger partial charge in [-0.2, -0.15) is 5.10 Å². The summed E-state index contributed by atoms with van der Waals surface area (Å²) in [5.41, 5.74) is 6.47. The minimum absolute atomic E-state index is 0.0136. The Labute approximate surface area is 82.3 Å². The number of hydrogen-bond acceptors (Lipinski definition) is 3. The van der Waals surface area contributed by atoms with E-state index in [0.29, 0.717) is 17.4 Å². The maximum Gasteiger partial charge on any atom is 0.141 e. The molecule has 0 saturated carbocycles. The van der Waals surface area contributed by atoms with Crippen LogP contribution in [0.15, 0.2) is 0 Å². The Morgan fingerprint density at radius 2 is 2.23 bits per heavy atom. The van der Waals surface area contributed by atoms with E-state index in [4.69, 9.17) is 22.4 Å². The van der Waals surface area contributed by atoms with Crippen LogP contribution in [0.5, 0.6) is 0 Å². The molecular weight excluding hydrogens is 190 g/mol. The number of aromatic nitrogens is 2. The first-order valence-corrected chi connectivity index (χ1v) is 4.58. The van der Waals surface area contributed by atoms with Gasteiger partial charge < -0.3 is 10.8 Å². The van der Waals surface area contributed by atoms with E-state index in [1.165, 1.54) is 4.68 Å². The largest absolute Gasteiger partial charge is 0.394 e. The third kappa shape index (κ3) is 1.95. The maximum atomic E-state index is 8.72. The van der Waals surface area contributed by atoms with E-state index < -0.39 is 0 Å². The number of hydrogen-bond donors (Lipinski definition) is 2. The molecule has 0 fully saturated rings. The molecule has 3 N–H and O–H groups in total. The zero-order valence-electron chi connectivity index (χ0n) is 7.79. The topological polar surface area (TPSA) is 64.1 Å². The molecule has 74 valence electrons. The lowest BCUT2D eigenvalue weighted by atomic mass is 10.1. The Bertz CT molecular complexity index is 296. The van der Waals surface area contributed by atoms with Gasteiger partial charge in [0, 0.05) is 0 Å². The Hall–Kier alpha value is -0.740. The first kappa shape index (κ1) is 10.3. The van der Waals surface area contributed by atoms with Crippen molar-refractivity contribution in [3.63, 3.8) is 0 Å². The number of aliphatic hydroxyl groups excluding tert-OH is 1. The number of nitrogen functional groups attached to an aromatic ring is 1. The molecule has 4 nitrogen and oxygen atoms in total. The van der Waals surface area contributed by atoms with E-state index in [0.717, 1.165) is 5.69 Å². The highest BCUT2D eigenvalue weighted by atomic mass is 35.5. The average Bonchev–Trinajstić information content (AvgIpc) is 2.33. The molecule has 0 aliphatic heterocycles. The van der Waals surface area contributed by atoms with Crippen LogP contribution in [0.3, 0.4) is 0 Å². The van der Waals surface area contributed by atoms with Gasteiger partial charge in [0.1, 0.15) is 10.8 Å². The van der Waals surface area contributed by atoms with Gasteiger partial charge in [0.15, 0.2) is 0 Å². The Balaban J connectivity index is 3.05. The molecule has 0 bridgehead atoms. The number of nitrogens with two attached hydrogens (primary N) is 1. The highest BCUT2D eigenvalue weighted by Crippen LogP contribution is 2.28. The molecule has 0 radical (unpaired) electrons. The second kappa shape index (κ2) is 3.98. The lowest BCUT2D eigenvalue weighted by Gasteiger charge is -1.99. The molecule has 5 heteroatoms. The van der Waals surface area contributed by atoms with Gasteiger partial charge >= 0.3 is 0 Å². The van der Waals surface area contributed by atoms with Crippen LogP contribution in [-0.4, -0.2) is 21.5 Å². The molecule has 1 heterocycles. The Morgan fingerprint density at radius 3 is 2.62 bits per heavy atom. The molecule has 0 aliphatic rings. The predicted molar refractivity (Wildman–Crippen MR) is 52.8 cm³/mol. The zero-order valence-corrected chi connectivity index (χ0v) is 8.54. The third-order valence-corrected chi connectivity index (χ3v) is 2.20. The Kier molecular flexibility index (Phi) is 3.17. The lowest BCUT2D eigenvalue weighted by Crippen LogP contribution is -2.07. The fourth-order valence-electron chi connectivity index (χ4n) is 1.11. The summed E-state index contributed by atoms with van der Waals surface area (Å²) in [6, 6.07) is 0. The summed E-state index contributed by atoms with van der Waals surface area (Å²) < 4.78 is 1.53. The Morgan fingerprint density at radius 1 is 1.62 bits per heavy atom. The van der Waals surface area contributed by atoms with Crippen LogP contribution in [0.2, 0.25) is 5.02 Å². The van der Waals surface area contributed by atoms with Crippen molar-refractivity contribution in [2.24, 2.45) is 0 Å². The summed E-state index contributed by atoms with van der Waals surface area (Å²) in [5, 5.41) is 13.4. The summed E-state index contributed by atoms with van der Waals surface area (Å²) in [4.78, 5) is 0. The number of anilines is 1. The van der Waals surface area contributed by atoms with Gasteiger partial charge in [-0.3, -0.25) is 0 Å². The van der Waals surface area contributed by atoms with Crippen LogP contribution in [0, 0.1) is 0 Å². The summed E-state index contributed by atoms with van der Waals surface area (Å²) in [6.07, 6.45) is 0. The lowest BCUT2D eigenvalue weighted by molar-refractivity contribution is 0.270. The standard InChI is InChI=1S/C8H14ClN3O/c1-5(2)7-6(9)8(10)12(11-7)3-4-13/h5,13H,3-4,10H2,1-2H3. The molecule has 0 aromatic carbocycles. The van der Waals surface area contributed by atoms with Crippen molar-refractivity contribution in [3.8, 4) is 0 Å². The molecule has 0 unspecified atom stereocenters. The smallest absolute Gasteiger partial charge is 0.141 e. The van der Waals surface area contributed by atoms with Crippen LogP contribution in [0.1, 0.15) is 25.5 Å². The van der Waals surface area contributed by atoms with Gasteiger partial charge in [0.2, 0.25) is 0 Å². The van der Waals surface area contributed by atoms with Crippen LogP contribution >= 0.6 is 11.6 Å². The van der Waals surface area contributed by atoms with Gasteiger partial charge in [-0.15, -0.1) is 0 Å². The van der Waals surface area contributed by atoms with E-state index in [-0.39, 0.29) is 12.5 Å². The highest BCUT2D eigenvalue weighted by molar-refractivity contribution is 6.33. The maximum absolute atomic E-state index is 8.72. The SMILES string of the molecule is CC(C)c1nn(CCO)c(N)c1Cl. The molecule has 0 saturated heterocycles. The average molecular weight is 204 g/mol. The second-order valence-electron chi connectivity index (χ2n) is 3.19. The van der Waals surface area contributed by atoms with Crippen molar-refractivity contribution in [2.75, 3.05) is 12.3 Å². The van der Waals surface area contributed by atoms with Gasteiger partial charge in [-0.05, 0) is 5.92 Å². The second-order valence-corrected chi connectivity index (χ2v) is 3.56. The van der Waals surface area contributed by atoms with E-state index >= 15 is 0 Å². The molecule has 0 amide bonds. The minimum Gasteiger partial charge on any atom is -0.394 e. The van der Waals surface area contributed by atoms with Gasteiger partial charge in [0.25, 0.3) is 0 Å². The number of nitrogens with zero attached hydrogens (tertiary/aromatic N) is 2. The van der Waals surface area contributed by atoms with Crippen molar-refractivity contribution in [3.05, 3.63) is 10.7 Å². The quantitative estimate of drug-likeness (QED) is 0.777. The third-order valence-electron chi connectivity index (χ3n) is 1.81. The molecule has 13 heavy (non-hydrogen) atoms. The monoisotopic (exact) mass is 203 g/mol. The summed E-state index contributed by atoms with van der Waals surface area (Å²) in [6.45, 7) is 4.39. The normalized spacial score (nSPS) is 11.2. The van der Waals surface area contributed by atoms with Gasteiger partial charge in [-0.25, -0.2) is 4.68 Å². The molecule has 1 aromatic rings. The molecule has 0 spiro atoms. The van der Waals surface area contributed by atoms with Gasteiger partial charge in [-0.1, -0.05) is 25.4 Å². The van der Waals surface area contributed by atoms with Crippen LogP contribution in [-0.2, 0) is 6.54 Å². The van der Waals surface area contributed by atoms with Crippen molar-refractivity contribution < 1.29 is 5.11 Å². The summed E-state index contributed by atoms with van der Waals surface area (Å²) in [5.74, 6) is 0.675. The molecular formula is C8H14ClN3O. The highest BCUT2D eigenvalue weighted by Gasteiger charge is 2.15. The number of aliphatic hydroxyl groups is 1. The molecule has 1 rings (SSSR count). The predicted octanol–water partition coefficient (Wildman–Crippen LogP) is 1.23. The first-order valence-electron chi connectivity index (χ1n) is 4.20. The van der Waals surface area contributed by atoms with E-state index in [9.17, 15) is 0 Å². The zero-order chi connectivity index (χ0) is 10.0. The molecule has 1 aromatic heterocycles. The minimum atomic E-state index is 0.0136. The fraction of sp³-hybridized carbons (Fsp3) is 0.625. The van der Waals surface area contributed by atoms with Crippen LogP contribution < -0.4 is 5.73 Å². The van der Waals surface area contributed by atoms with Crippen LogP contribution in [0.4, 0.5) is 5.82 Å². The first-order chi connectivity index (χ1) is 6.07. The van der Waals surface area contributed by atoms with Crippen molar-refractivity contribution >= 4 is 17.4 Å². The van der Waals surface area contributed by atoms with E-state index in [1.54, 1.807) is 0 Å². The van der Waals surface area contributed by atoms with Gasteiger partial charge in [0.05, 0.1) is 18.8 Å². The van der Waals surface area contributed by atoms with E-state index in [2.05, 4.69) is 5.10 Å². The summed E-state index contributed by atoms with van der Waals surface area (Å²) in [7, 11) is 0. The fourth-order valence-corrected chi connectivity index (χ4v) is 1.46. The van der Waals surface area contributed by atoms with E-state index in [1.807, 2.05) is 13.8 Å². The summed E-state index contributed by atoms with van der Waals surface area (Å²) >= 11 is 5.95. The van der Waals surface area contributed by atoms with Crippen LogP contribution in [0.25, 0.3) is 0 Å².